The molecule has 3 fully saturated rings. The Morgan fingerprint density at radius 1 is 0.579 bits per heavy atom. The molecule has 0 saturated carbocycles. The summed E-state index contributed by atoms with van der Waals surface area (Å²) in [5.74, 6) is 0. The van der Waals surface area contributed by atoms with Gasteiger partial charge in [-0.2, -0.15) is 0 Å². The van der Waals surface area contributed by atoms with E-state index in [4.69, 9.17) is 0 Å². The maximum Gasteiger partial charge on any atom is 0.0508 e. The highest BCUT2D eigenvalue weighted by Crippen LogP contribution is 2.05. The lowest BCUT2D eigenvalue weighted by molar-refractivity contribution is 0.199. The predicted octanol–water partition coefficient (Wildman–Crippen LogP) is -1.71. The first-order chi connectivity index (χ1) is 9.40. The fourth-order valence-electron chi connectivity index (χ4n) is 3.13. The molecule has 2 N–H and O–H groups in total. The summed E-state index contributed by atoms with van der Waals surface area (Å²) in [5, 5.41) is 6.79. The van der Waals surface area contributed by atoms with Crippen LogP contribution in [0.3, 0.4) is 0 Å². The fourth-order valence-corrected chi connectivity index (χ4v) is 3.13. The Balaban J connectivity index is 1.28. The summed E-state index contributed by atoms with van der Waals surface area (Å²) in [6.07, 6.45) is 0. The molecular weight excluding hydrogens is 240 g/mol. The molecule has 0 aromatic rings. The van der Waals surface area contributed by atoms with Crippen LogP contribution in [0.25, 0.3) is 0 Å². The van der Waals surface area contributed by atoms with Crippen LogP contribution < -0.4 is 10.6 Å². The highest BCUT2D eigenvalue weighted by molar-refractivity contribution is 4.76. The summed E-state index contributed by atoms with van der Waals surface area (Å²) in [7, 11) is 0. The molecule has 0 radical (unpaired) electrons. The standard InChI is InChI=1S/C13H28N6/c1-3-16(11-14-1)5-7-18-9-10-19(13-18)8-6-17-4-2-15-12-17/h14-15H,1-13H2. The van der Waals surface area contributed by atoms with Crippen LogP contribution in [0.1, 0.15) is 0 Å². The summed E-state index contributed by atoms with van der Waals surface area (Å²) in [6, 6.07) is 0. The zero-order chi connectivity index (χ0) is 12.9. The number of hydrogen-bond donors (Lipinski definition) is 2. The third-order valence-corrected chi connectivity index (χ3v) is 4.48. The fraction of sp³-hybridized carbons (Fsp3) is 1.00. The average Bonchev–Trinajstić information content (AvgIpc) is 3.16. The normalized spacial score (nSPS) is 27.8. The molecule has 19 heavy (non-hydrogen) atoms. The monoisotopic (exact) mass is 268 g/mol. The van der Waals surface area contributed by atoms with Gasteiger partial charge in [0.25, 0.3) is 0 Å². The molecule has 0 atom stereocenters. The number of rotatable bonds is 6. The number of hydrogen-bond acceptors (Lipinski definition) is 6. The minimum atomic E-state index is 1.08. The van der Waals surface area contributed by atoms with Crippen LogP contribution >= 0.6 is 0 Å². The first-order valence-electron chi connectivity index (χ1n) is 7.71. The molecule has 3 aliphatic heterocycles. The number of nitrogens with zero attached hydrogens (tertiary/aromatic N) is 4. The van der Waals surface area contributed by atoms with E-state index in [-0.39, 0.29) is 0 Å². The van der Waals surface area contributed by atoms with Gasteiger partial charge in [0.05, 0.1) is 6.67 Å². The van der Waals surface area contributed by atoms with Gasteiger partial charge in [-0.05, 0) is 0 Å². The van der Waals surface area contributed by atoms with Crippen LogP contribution in [0.2, 0.25) is 0 Å². The van der Waals surface area contributed by atoms with Crippen molar-refractivity contribution >= 4 is 0 Å². The van der Waals surface area contributed by atoms with E-state index in [1.165, 1.54) is 59.0 Å². The van der Waals surface area contributed by atoms with Crippen LogP contribution in [0.15, 0.2) is 0 Å². The van der Waals surface area contributed by atoms with Crippen molar-refractivity contribution < 1.29 is 0 Å². The van der Waals surface area contributed by atoms with Crippen molar-refractivity contribution in [1.29, 1.82) is 0 Å². The highest BCUT2D eigenvalue weighted by atomic mass is 15.4. The van der Waals surface area contributed by atoms with Crippen LogP contribution in [0.4, 0.5) is 0 Å². The lowest BCUT2D eigenvalue weighted by atomic mass is 10.5. The minimum Gasteiger partial charge on any atom is -0.303 e. The van der Waals surface area contributed by atoms with Crippen molar-refractivity contribution in [2.75, 3.05) is 85.5 Å². The second-order valence-electron chi connectivity index (χ2n) is 5.93. The topological polar surface area (TPSA) is 37.0 Å². The SMILES string of the molecule is C1CN(CCN2CCN(CCN3CCNC3)C2)CN1. The molecule has 110 valence electrons. The highest BCUT2D eigenvalue weighted by Gasteiger charge is 2.21. The lowest BCUT2D eigenvalue weighted by Gasteiger charge is -2.22. The molecule has 3 rings (SSSR count). The Morgan fingerprint density at radius 2 is 1.05 bits per heavy atom. The molecule has 0 amide bonds. The molecular formula is C13H28N6. The van der Waals surface area contributed by atoms with Gasteiger partial charge < -0.3 is 10.6 Å². The summed E-state index contributed by atoms with van der Waals surface area (Å²) in [5.41, 5.74) is 0. The van der Waals surface area contributed by atoms with Crippen molar-refractivity contribution in [3.63, 3.8) is 0 Å². The molecule has 0 aromatic carbocycles. The molecule has 3 saturated heterocycles. The van der Waals surface area contributed by atoms with Crippen LogP contribution in [-0.4, -0.2) is 105 Å². The van der Waals surface area contributed by atoms with E-state index < -0.39 is 0 Å². The molecule has 0 aromatic heterocycles. The predicted molar refractivity (Wildman–Crippen MR) is 76.9 cm³/mol. The molecule has 6 heteroatoms. The van der Waals surface area contributed by atoms with Gasteiger partial charge in [0.15, 0.2) is 0 Å². The zero-order valence-corrected chi connectivity index (χ0v) is 12.0. The third-order valence-electron chi connectivity index (χ3n) is 4.48. The zero-order valence-electron chi connectivity index (χ0n) is 12.0. The van der Waals surface area contributed by atoms with Crippen molar-refractivity contribution in [3.8, 4) is 0 Å². The van der Waals surface area contributed by atoms with Gasteiger partial charge >= 0.3 is 0 Å². The second-order valence-corrected chi connectivity index (χ2v) is 5.93. The molecule has 0 spiro atoms. The Labute approximate surface area is 116 Å². The smallest absolute Gasteiger partial charge is 0.0508 e. The van der Waals surface area contributed by atoms with Gasteiger partial charge in [-0.3, -0.25) is 19.6 Å². The maximum atomic E-state index is 3.39. The van der Waals surface area contributed by atoms with E-state index >= 15 is 0 Å². The van der Waals surface area contributed by atoms with E-state index in [9.17, 15) is 0 Å². The van der Waals surface area contributed by atoms with E-state index in [0.717, 1.165) is 26.4 Å². The van der Waals surface area contributed by atoms with Crippen molar-refractivity contribution in [2.45, 2.75) is 0 Å². The van der Waals surface area contributed by atoms with Gasteiger partial charge in [0, 0.05) is 78.8 Å². The average molecular weight is 268 g/mol. The molecule has 6 nitrogen and oxygen atoms in total. The summed E-state index contributed by atoms with van der Waals surface area (Å²) in [6.45, 7) is 15.5. The number of nitrogens with one attached hydrogen (secondary N) is 2. The largest absolute Gasteiger partial charge is 0.303 e. The molecule has 0 bridgehead atoms. The quantitative estimate of drug-likeness (QED) is 0.597. The van der Waals surface area contributed by atoms with Crippen LogP contribution in [-0.2, 0) is 0 Å². The lowest BCUT2D eigenvalue weighted by Crippen LogP contribution is -2.36. The van der Waals surface area contributed by atoms with E-state index in [0.29, 0.717) is 0 Å². The van der Waals surface area contributed by atoms with Gasteiger partial charge in [-0.15, -0.1) is 0 Å². The molecule has 0 aliphatic carbocycles. The van der Waals surface area contributed by atoms with Crippen molar-refractivity contribution in [1.82, 2.24) is 30.2 Å². The Hall–Kier alpha value is -0.240. The van der Waals surface area contributed by atoms with Crippen LogP contribution in [0, 0.1) is 0 Å². The summed E-state index contributed by atoms with van der Waals surface area (Å²) < 4.78 is 0. The van der Waals surface area contributed by atoms with Gasteiger partial charge in [-0.1, -0.05) is 0 Å². The van der Waals surface area contributed by atoms with Gasteiger partial charge in [0.2, 0.25) is 0 Å². The van der Waals surface area contributed by atoms with Crippen molar-refractivity contribution in [3.05, 3.63) is 0 Å². The first-order valence-corrected chi connectivity index (χ1v) is 7.71. The van der Waals surface area contributed by atoms with E-state index in [2.05, 4.69) is 30.2 Å². The first kappa shape index (κ1) is 13.7. The Morgan fingerprint density at radius 3 is 1.47 bits per heavy atom. The molecule has 3 aliphatic rings. The van der Waals surface area contributed by atoms with E-state index in [1.54, 1.807) is 0 Å². The maximum absolute atomic E-state index is 3.39. The summed E-state index contributed by atoms with van der Waals surface area (Å²) in [4.78, 5) is 10.2. The van der Waals surface area contributed by atoms with Gasteiger partial charge in [0.1, 0.15) is 0 Å². The Bertz CT molecular complexity index is 236. The Kier molecular flexibility index (Phi) is 5.03. The second kappa shape index (κ2) is 6.97. The minimum absolute atomic E-state index is 1.08. The third kappa shape index (κ3) is 4.11. The van der Waals surface area contributed by atoms with Crippen LogP contribution in [0.5, 0.6) is 0 Å². The van der Waals surface area contributed by atoms with Crippen molar-refractivity contribution in [2.24, 2.45) is 0 Å². The van der Waals surface area contributed by atoms with Gasteiger partial charge in [-0.25, -0.2) is 0 Å². The molecule has 3 heterocycles. The summed E-state index contributed by atoms with van der Waals surface area (Å²) >= 11 is 0. The molecule has 0 unspecified atom stereocenters. The van der Waals surface area contributed by atoms with E-state index in [1.807, 2.05) is 0 Å².